The van der Waals surface area contributed by atoms with Crippen LogP contribution in [0.3, 0.4) is 0 Å². The first-order valence-electron chi connectivity index (χ1n) is 5.42. The molecule has 0 aromatic heterocycles. The van der Waals surface area contributed by atoms with E-state index in [1.54, 1.807) is 38.3 Å². The molecule has 2 atom stereocenters. The van der Waals surface area contributed by atoms with Crippen molar-refractivity contribution >= 4 is 26.5 Å². The molecule has 0 radical (unpaired) electrons. The first kappa shape index (κ1) is 15.1. The lowest BCUT2D eigenvalue weighted by Crippen LogP contribution is -2.33. The maximum atomic E-state index is 12.1. The van der Waals surface area contributed by atoms with Crippen LogP contribution in [0, 0.1) is 6.92 Å². The second-order valence-electron chi connectivity index (χ2n) is 4.15. The molecule has 2 unspecified atom stereocenters. The number of nitrogens with two attached hydrogens (primary N) is 1. The van der Waals surface area contributed by atoms with Gasteiger partial charge in [-0.25, -0.2) is 13.1 Å². The predicted molar refractivity (Wildman–Crippen MR) is 74.3 cm³/mol. The van der Waals surface area contributed by atoms with Gasteiger partial charge in [-0.1, -0.05) is 12.1 Å². The number of hydrogen-bond acceptors (Lipinski definition) is 4. The van der Waals surface area contributed by atoms with Crippen LogP contribution in [0.4, 0.5) is 5.69 Å². The second kappa shape index (κ2) is 5.81. The molecule has 5 nitrogen and oxygen atoms in total. The van der Waals surface area contributed by atoms with Gasteiger partial charge in [-0.2, -0.15) is 0 Å². The van der Waals surface area contributed by atoms with Gasteiger partial charge in [-0.15, -0.1) is 0 Å². The van der Waals surface area contributed by atoms with Gasteiger partial charge in [0.25, 0.3) is 0 Å². The van der Waals surface area contributed by atoms with Crippen LogP contribution >= 0.6 is 0 Å². The number of benzene rings is 1. The minimum atomic E-state index is -3.66. The minimum absolute atomic E-state index is 0.0964. The van der Waals surface area contributed by atoms with Gasteiger partial charge < -0.3 is 5.73 Å². The summed E-state index contributed by atoms with van der Waals surface area (Å²) in [5, 5.41) is -0.245. The van der Waals surface area contributed by atoms with E-state index in [9.17, 15) is 12.6 Å². The average Bonchev–Trinajstić information content (AvgIpc) is 2.25. The van der Waals surface area contributed by atoms with Gasteiger partial charge in [0.05, 0.1) is 5.69 Å². The molecule has 0 aliphatic rings. The van der Waals surface area contributed by atoms with Crippen molar-refractivity contribution in [3.63, 3.8) is 0 Å². The summed E-state index contributed by atoms with van der Waals surface area (Å²) in [6.07, 6.45) is 1.54. The molecule has 0 saturated heterocycles. The largest absolute Gasteiger partial charge is 0.398 e. The lowest BCUT2D eigenvalue weighted by molar-refractivity contribution is 0.580. The Hall–Kier alpha value is -0.920. The third-order valence-electron chi connectivity index (χ3n) is 2.64. The van der Waals surface area contributed by atoms with Crippen LogP contribution in [0.2, 0.25) is 0 Å². The van der Waals surface area contributed by atoms with Crippen molar-refractivity contribution in [2.75, 3.05) is 18.5 Å². The fourth-order valence-corrected chi connectivity index (χ4v) is 3.37. The van der Waals surface area contributed by atoms with Gasteiger partial charge in [-0.3, -0.25) is 4.21 Å². The summed E-state index contributed by atoms with van der Waals surface area (Å²) in [4.78, 5) is 0.0964. The molecule has 0 saturated carbocycles. The lowest BCUT2D eigenvalue weighted by atomic mass is 10.2. The van der Waals surface area contributed by atoms with Gasteiger partial charge in [-0.05, 0) is 25.5 Å². The van der Waals surface area contributed by atoms with E-state index in [1.807, 2.05) is 0 Å². The molecule has 0 aliphatic carbocycles. The average molecular weight is 290 g/mol. The molecular formula is C11H18N2O3S2. The van der Waals surface area contributed by atoms with Crippen molar-refractivity contribution in [3.8, 4) is 0 Å². The van der Waals surface area contributed by atoms with Crippen LogP contribution in [0.1, 0.15) is 12.5 Å². The summed E-state index contributed by atoms with van der Waals surface area (Å²) in [5.41, 5.74) is 6.50. The number of rotatable bonds is 5. The minimum Gasteiger partial charge on any atom is -0.398 e. The van der Waals surface area contributed by atoms with E-state index in [-0.39, 0.29) is 22.4 Å². The molecule has 1 rings (SSSR count). The van der Waals surface area contributed by atoms with E-state index < -0.39 is 20.8 Å². The molecule has 1 aromatic carbocycles. The molecule has 7 heteroatoms. The quantitative estimate of drug-likeness (QED) is 0.778. The Morgan fingerprint density at radius 1 is 1.44 bits per heavy atom. The van der Waals surface area contributed by atoms with Gasteiger partial charge in [0.2, 0.25) is 10.0 Å². The molecule has 0 heterocycles. The van der Waals surface area contributed by atoms with E-state index in [4.69, 9.17) is 5.73 Å². The highest BCUT2D eigenvalue weighted by Crippen LogP contribution is 2.21. The Morgan fingerprint density at radius 3 is 2.56 bits per heavy atom. The first-order chi connectivity index (χ1) is 8.25. The topological polar surface area (TPSA) is 89.3 Å². The molecule has 102 valence electrons. The van der Waals surface area contributed by atoms with Gasteiger partial charge in [0.15, 0.2) is 0 Å². The fourth-order valence-electron chi connectivity index (χ4n) is 1.46. The van der Waals surface area contributed by atoms with E-state index >= 15 is 0 Å². The van der Waals surface area contributed by atoms with Crippen LogP contribution in [0.5, 0.6) is 0 Å². The van der Waals surface area contributed by atoms with Crippen LogP contribution in [0.25, 0.3) is 0 Å². The molecule has 18 heavy (non-hydrogen) atoms. The van der Waals surface area contributed by atoms with Crippen molar-refractivity contribution in [3.05, 3.63) is 23.8 Å². The van der Waals surface area contributed by atoms with Crippen molar-refractivity contribution in [1.29, 1.82) is 0 Å². The van der Waals surface area contributed by atoms with E-state index in [1.165, 1.54) is 0 Å². The van der Waals surface area contributed by atoms with Crippen molar-refractivity contribution < 1.29 is 12.6 Å². The Balaban J connectivity index is 2.98. The van der Waals surface area contributed by atoms with Gasteiger partial charge >= 0.3 is 0 Å². The molecule has 0 aliphatic heterocycles. The predicted octanol–water partition coefficient (Wildman–Crippen LogP) is 0.623. The fraction of sp³-hybridized carbons (Fsp3) is 0.455. The van der Waals surface area contributed by atoms with Crippen molar-refractivity contribution in [1.82, 2.24) is 4.72 Å². The summed E-state index contributed by atoms with van der Waals surface area (Å²) in [5.74, 6) is 0. The number of hydrogen-bond donors (Lipinski definition) is 2. The SMILES string of the molecule is Cc1cccc(N)c1S(=O)(=O)NCC(C)S(C)=O. The van der Waals surface area contributed by atoms with Crippen molar-refractivity contribution in [2.45, 2.75) is 24.0 Å². The van der Waals surface area contributed by atoms with E-state index in [2.05, 4.69) is 4.72 Å². The van der Waals surface area contributed by atoms with Crippen LogP contribution in [-0.4, -0.2) is 30.7 Å². The summed E-state index contributed by atoms with van der Waals surface area (Å²) in [6, 6.07) is 4.93. The van der Waals surface area contributed by atoms with Gasteiger partial charge in [0, 0.05) is 28.9 Å². The van der Waals surface area contributed by atoms with Crippen molar-refractivity contribution in [2.24, 2.45) is 0 Å². The van der Waals surface area contributed by atoms with Gasteiger partial charge in [0.1, 0.15) is 4.90 Å². The monoisotopic (exact) mass is 290 g/mol. The Kier molecular flexibility index (Phi) is 4.89. The molecule has 0 bridgehead atoms. The highest BCUT2D eigenvalue weighted by molar-refractivity contribution is 7.89. The molecule has 0 spiro atoms. The number of nitrogens with one attached hydrogen (secondary N) is 1. The number of aryl methyl sites for hydroxylation is 1. The third-order valence-corrected chi connectivity index (χ3v) is 5.58. The summed E-state index contributed by atoms with van der Waals surface area (Å²) >= 11 is 0. The summed E-state index contributed by atoms with van der Waals surface area (Å²) in [6.45, 7) is 3.53. The summed E-state index contributed by atoms with van der Waals surface area (Å²) in [7, 11) is -4.73. The summed E-state index contributed by atoms with van der Waals surface area (Å²) < 4.78 is 37.8. The third kappa shape index (κ3) is 3.54. The smallest absolute Gasteiger partial charge is 0.242 e. The van der Waals surface area contributed by atoms with Crippen LogP contribution in [0.15, 0.2) is 23.1 Å². The highest BCUT2D eigenvalue weighted by atomic mass is 32.2. The number of sulfonamides is 1. The van der Waals surface area contributed by atoms with E-state index in [0.29, 0.717) is 5.56 Å². The van der Waals surface area contributed by atoms with Crippen LogP contribution < -0.4 is 10.5 Å². The molecule has 0 fully saturated rings. The first-order valence-corrected chi connectivity index (χ1v) is 8.53. The second-order valence-corrected chi connectivity index (χ2v) is 7.66. The zero-order valence-corrected chi connectivity index (χ0v) is 12.3. The number of anilines is 1. The standard InChI is InChI=1S/C11H18N2O3S2/c1-8-5-4-6-10(12)11(8)18(15,16)13-7-9(2)17(3)14/h4-6,9,13H,7,12H2,1-3H3. The lowest BCUT2D eigenvalue weighted by Gasteiger charge is -2.13. The highest BCUT2D eigenvalue weighted by Gasteiger charge is 2.20. The molecule has 3 N–H and O–H groups in total. The normalized spacial score (nSPS) is 15.3. The number of nitrogen functional groups attached to an aromatic ring is 1. The van der Waals surface area contributed by atoms with Crippen LogP contribution in [-0.2, 0) is 20.8 Å². The van der Waals surface area contributed by atoms with E-state index in [0.717, 1.165) is 0 Å². The zero-order valence-electron chi connectivity index (χ0n) is 10.6. The Bertz CT molecular complexity index is 535. The maximum absolute atomic E-state index is 12.1. The Labute approximate surface area is 110 Å². The maximum Gasteiger partial charge on any atom is 0.242 e. The molecular weight excluding hydrogens is 272 g/mol. The zero-order chi connectivity index (χ0) is 13.9. The molecule has 0 amide bonds. The molecule has 1 aromatic rings. The Morgan fingerprint density at radius 2 is 2.06 bits per heavy atom.